The molecule has 0 aromatic rings. The Bertz CT molecular complexity index is 292. The first kappa shape index (κ1) is 17.6. The van der Waals surface area contributed by atoms with Gasteiger partial charge in [0.15, 0.2) is 0 Å². The van der Waals surface area contributed by atoms with Crippen LogP contribution >= 0.6 is 0 Å². The Labute approximate surface area is 112 Å². The van der Waals surface area contributed by atoms with Crippen molar-refractivity contribution in [2.24, 2.45) is 11.3 Å². The first-order chi connectivity index (χ1) is 8.07. The number of aliphatic hydroxyl groups excluding tert-OH is 3. The van der Waals surface area contributed by atoms with Crippen molar-refractivity contribution in [3.05, 3.63) is 11.1 Å². The third-order valence-corrected chi connectivity index (χ3v) is 4.41. The molecule has 0 rings (SSSR count). The van der Waals surface area contributed by atoms with Gasteiger partial charge < -0.3 is 15.3 Å². The smallest absolute Gasteiger partial charge is 0.0721 e. The lowest BCUT2D eigenvalue weighted by Crippen LogP contribution is -2.44. The molecule has 0 spiro atoms. The Hall–Kier alpha value is -0.380. The summed E-state index contributed by atoms with van der Waals surface area (Å²) in [5.74, 6) is -0.0872. The Balaban J connectivity index is 5.12. The summed E-state index contributed by atoms with van der Waals surface area (Å²) in [6.07, 6.45) is -1.05. The summed E-state index contributed by atoms with van der Waals surface area (Å²) in [7, 11) is 0. The number of hydrogen-bond acceptors (Lipinski definition) is 3. The molecule has 1 unspecified atom stereocenters. The summed E-state index contributed by atoms with van der Waals surface area (Å²) in [4.78, 5) is 0. The van der Waals surface area contributed by atoms with Gasteiger partial charge in [-0.3, -0.25) is 0 Å². The van der Waals surface area contributed by atoms with E-state index in [2.05, 4.69) is 0 Å². The highest BCUT2D eigenvalue weighted by molar-refractivity contribution is 5.17. The molecule has 18 heavy (non-hydrogen) atoms. The van der Waals surface area contributed by atoms with Gasteiger partial charge in [-0.05, 0) is 32.8 Å². The second-order valence-electron chi connectivity index (χ2n) is 6.02. The molecule has 0 radical (unpaired) electrons. The van der Waals surface area contributed by atoms with Gasteiger partial charge in [0, 0.05) is 11.3 Å². The lowest BCUT2D eigenvalue weighted by Gasteiger charge is -2.39. The summed E-state index contributed by atoms with van der Waals surface area (Å²) in [5, 5.41) is 30.1. The van der Waals surface area contributed by atoms with Crippen LogP contribution < -0.4 is 0 Å². The lowest BCUT2D eigenvalue weighted by atomic mass is 9.72. The van der Waals surface area contributed by atoms with E-state index in [1.165, 1.54) is 0 Å². The highest BCUT2D eigenvalue weighted by Gasteiger charge is 2.38. The van der Waals surface area contributed by atoms with Gasteiger partial charge in [0.25, 0.3) is 0 Å². The largest absolute Gasteiger partial charge is 0.392 e. The fourth-order valence-electron chi connectivity index (χ4n) is 2.29. The van der Waals surface area contributed by atoms with E-state index in [0.29, 0.717) is 6.42 Å². The SMILES string of the molecule is CC[C@H](O)C(C)(C)[C@@H](O)C(C)/C(C)=C(\C)[C@H](C)O. The van der Waals surface area contributed by atoms with E-state index in [9.17, 15) is 15.3 Å². The fourth-order valence-corrected chi connectivity index (χ4v) is 2.29. The van der Waals surface area contributed by atoms with Crippen molar-refractivity contribution in [2.75, 3.05) is 0 Å². The molecule has 0 aliphatic rings. The lowest BCUT2D eigenvalue weighted by molar-refractivity contribution is -0.0656. The van der Waals surface area contributed by atoms with Gasteiger partial charge in [0.2, 0.25) is 0 Å². The zero-order valence-corrected chi connectivity index (χ0v) is 12.9. The zero-order chi connectivity index (χ0) is 14.7. The van der Waals surface area contributed by atoms with Crippen molar-refractivity contribution in [3.8, 4) is 0 Å². The molecule has 0 aliphatic heterocycles. The average molecular weight is 258 g/mol. The van der Waals surface area contributed by atoms with Gasteiger partial charge in [-0.1, -0.05) is 33.3 Å². The van der Waals surface area contributed by atoms with Crippen LogP contribution in [-0.4, -0.2) is 33.6 Å². The molecule has 0 fully saturated rings. The topological polar surface area (TPSA) is 60.7 Å². The van der Waals surface area contributed by atoms with Crippen LogP contribution in [-0.2, 0) is 0 Å². The van der Waals surface area contributed by atoms with Gasteiger partial charge in [0.1, 0.15) is 0 Å². The molecule has 0 saturated heterocycles. The molecule has 0 heterocycles. The minimum absolute atomic E-state index is 0.0872. The summed E-state index contributed by atoms with van der Waals surface area (Å²) in [5.41, 5.74) is 1.33. The molecule has 4 atom stereocenters. The summed E-state index contributed by atoms with van der Waals surface area (Å²) in [6.45, 7) is 13.2. The molecule has 3 nitrogen and oxygen atoms in total. The second-order valence-corrected chi connectivity index (χ2v) is 6.02. The van der Waals surface area contributed by atoms with Crippen LogP contribution in [0.1, 0.15) is 54.9 Å². The van der Waals surface area contributed by atoms with E-state index in [1.807, 2.05) is 41.5 Å². The standard InChI is InChI=1S/C15H30O3/c1-8-13(17)15(6,7)14(18)11(4)9(2)10(3)12(5)16/h11-14,16-18H,8H2,1-7H3/b10-9+/t11?,12-,13-,14-/m0/s1. The van der Waals surface area contributed by atoms with Crippen LogP contribution in [0.5, 0.6) is 0 Å². The van der Waals surface area contributed by atoms with Crippen LogP contribution in [0.3, 0.4) is 0 Å². The third kappa shape index (κ3) is 3.81. The van der Waals surface area contributed by atoms with Crippen LogP contribution in [0.4, 0.5) is 0 Å². The Morgan fingerprint density at radius 3 is 1.78 bits per heavy atom. The maximum absolute atomic E-state index is 10.5. The highest BCUT2D eigenvalue weighted by atomic mass is 16.3. The minimum atomic E-state index is -0.638. The van der Waals surface area contributed by atoms with E-state index in [0.717, 1.165) is 11.1 Å². The average Bonchev–Trinajstić information content (AvgIpc) is 2.33. The van der Waals surface area contributed by atoms with Crippen molar-refractivity contribution < 1.29 is 15.3 Å². The van der Waals surface area contributed by atoms with E-state index >= 15 is 0 Å². The van der Waals surface area contributed by atoms with Crippen molar-refractivity contribution in [2.45, 2.75) is 73.2 Å². The Kier molecular flexibility index (Phi) is 6.55. The summed E-state index contributed by atoms with van der Waals surface area (Å²) >= 11 is 0. The first-order valence-corrected chi connectivity index (χ1v) is 6.78. The van der Waals surface area contributed by atoms with Crippen molar-refractivity contribution in [1.29, 1.82) is 0 Å². The maximum Gasteiger partial charge on any atom is 0.0721 e. The van der Waals surface area contributed by atoms with Gasteiger partial charge in [0.05, 0.1) is 18.3 Å². The Morgan fingerprint density at radius 2 is 1.44 bits per heavy atom. The predicted octanol–water partition coefficient (Wildman–Crippen LogP) is 2.50. The Morgan fingerprint density at radius 1 is 1.00 bits per heavy atom. The minimum Gasteiger partial charge on any atom is -0.392 e. The fraction of sp³-hybridized carbons (Fsp3) is 0.867. The molecule has 0 amide bonds. The number of hydrogen-bond donors (Lipinski definition) is 3. The highest BCUT2D eigenvalue weighted by Crippen LogP contribution is 2.35. The summed E-state index contributed by atoms with van der Waals surface area (Å²) in [6, 6.07) is 0. The third-order valence-electron chi connectivity index (χ3n) is 4.41. The molecular weight excluding hydrogens is 228 g/mol. The molecule has 0 aromatic heterocycles. The van der Waals surface area contributed by atoms with E-state index in [-0.39, 0.29) is 5.92 Å². The van der Waals surface area contributed by atoms with Crippen LogP contribution in [0.2, 0.25) is 0 Å². The van der Waals surface area contributed by atoms with Gasteiger partial charge >= 0.3 is 0 Å². The molecule has 0 aromatic carbocycles. The predicted molar refractivity (Wildman–Crippen MR) is 75.3 cm³/mol. The van der Waals surface area contributed by atoms with Gasteiger partial charge in [-0.25, -0.2) is 0 Å². The van der Waals surface area contributed by atoms with Gasteiger partial charge in [-0.15, -0.1) is 0 Å². The van der Waals surface area contributed by atoms with Crippen LogP contribution in [0, 0.1) is 11.3 Å². The quantitative estimate of drug-likeness (QED) is 0.642. The van der Waals surface area contributed by atoms with Gasteiger partial charge in [-0.2, -0.15) is 0 Å². The second kappa shape index (κ2) is 6.69. The van der Waals surface area contributed by atoms with E-state index in [4.69, 9.17) is 0 Å². The molecular formula is C15H30O3. The van der Waals surface area contributed by atoms with E-state index < -0.39 is 23.7 Å². The molecule has 0 aliphatic carbocycles. The molecule has 3 heteroatoms. The van der Waals surface area contributed by atoms with Crippen molar-refractivity contribution in [3.63, 3.8) is 0 Å². The number of rotatable bonds is 6. The van der Waals surface area contributed by atoms with E-state index in [1.54, 1.807) is 6.92 Å². The molecule has 108 valence electrons. The zero-order valence-electron chi connectivity index (χ0n) is 12.9. The maximum atomic E-state index is 10.5. The van der Waals surface area contributed by atoms with Crippen molar-refractivity contribution >= 4 is 0 Å². The summed E-state index contributed by atoms with van der Waals surface area (Å²) < 4.78 is 0. The van der Waals surface area contributed by atoms with Crippen LogP contribution in [0.25, 0.3) is 0 Å². The van der Waals surface area contributed by atoms with Crippen LogP contribution in [0.15, 0.2) is 11.1 Å². The number of aliphatic hydroxyl groups is 3. The normalized spacial score (nSPS) is 21.0. The molecule has 0 saturated carbocycles. The molecule has 3 N–H and O–H groups in total. The molecule has 0 bridgehead atoms. The monoisotopic (exact) mass is 258 g/mol. The van der Waals surface area contributed by atoms with Crippen molar-refractivity contribution in [1.82, 2.24) is 0 Å². The first-order valence-electron chi connectivity index (χ1n) is 6.78.